The van der Waals surface area contributed by atoms with Gasteiger partial charge in [0, 0.05) is 24.6 Å². The number of esters is 1. The first-order valence-electron chi connectivity index (χ1n) is 11.6. The first-order valence-corrected chi connectivity index (χ1v) is 12.5. The molecule has 196 valence electrons. The minimum absolute atomic E-state index is 0.0944. The molecule has 0 saturated carbocycles. The van der Waals surface area contributed by atoms with E-state index in [9.17, 15) is 19.5 Å². The van der Waals surface area contributed by atoms with Gasteiger partial charge in [-0.3, -0.25) is 9.59 Å². The van der Waals surface area contributed by atoms with Crippen molar-refractivity contribution in [3.05, 3.63) is 74.7 Å². The van der Waals surface area contributed by atoms with Crippen LogP contribution in [0.25, 0.3) is 0 Å². The molecule has 1 N–H and O–H groups in total. The molecule has 3 rings (SSSR count). The predicted molar refractivity (Wildman–Crippen MR) is 138 cm³/mol. The summed E-state index contributed by atoms with van der Waals surface area (Å²) >= 11 is 1.11. The summed E-state index contributed by atoms with van der Waals surface area (Å²) in [5.41, 5.74) is 2.13. The molecule has 1 heterocycles. The topological polar surface area (TPSA) is 115 Å². The molecule has 9 nitrogen and oxygen atoms in total. The van der Waals surface area contributed by atoms with E-state index in [1.54, 1.807) is 17.0 Å². The summed E-state index contributed by atoms with van der Waals surface area (Å²) in [6, 6.07) is 13.3. The Morgan fingerprint density at radius 2 is 1.70 bits per heavy atom. The number of amides is 1. The van der Waals surface area contributed by atoms with E-state index in [1.807, 2.05) is 37.3 Å². The Kier molecular flexibility index (Phi) is 9.62. The molecular formula is C27H30N2O7S. The zero-order chi connectivity index (χ0) is 26.9. The summed E-state index contributed by atoms with van der Waals surface area (Å²) in [6.45, 7) is 3.41. The lowest BCUT2D eigenvalue weighted by atomic mass is 10.1. The Bertz CT molecular complexity index is 1230. The molecule has 10 heteroatoms. The third kappa shape index (κ3) is 7.29. The number of carboxylic acid groups (broad SMARTS) is 1. The van der Waals surface area contributed by atoms with Crippen molar-refractivity contribution in [2.75, 3.05) is 20.8 Å². The number of benzene rings is 2. The maximum Gasteiger partial charge on any atom is 0.355 e. The lowest BCUT2D eigenvalue weighted by Crippen LogP contribution is -2.32. The monoisotopic (exact) mass is 526 g/mol. The fourth-order valence-corrected chi connectivity index (χ4v) is 4.82. The van der Waals surface area contributed by atoms with Crippen LogP contribution in [0.5, 0.6) is 11.5 Å². The molecule has 0 bridgehead atoms. The van der Waals surface area contributed by atoms with Crippen molar-refractivity contribution in [1.29, 1.82) is 0 Å². The molecule has 2 aromatic carbocycles. The molecule has 1 aromatic heterocycles. The maximum atomic E-state index is 13.7. The molecule has 0 unspecified atom stereocenters. The molecule has 0 fully saturated rings. The number of nitrogens with zero attached hydrogens (tertiary/aromatic N) is 2. The van der Waals surface area contributed by atoms with Crippen molar-refractivity contribution in [2.24, 2.45) is 0 Å². The number of thiazole rings is 1. The predicted octanol–water partition coefficient (Wildman–Crippen LogP) is 4.51. The third-order valence-electron chi connectivity index (χ3n) is 5.70. The summed E-state index contributed by atoms with van der Waals surface area (Å²) in [6.07, 6.45) is 1.45. The lowest BCUT2D eigenvalue weighted by molar-refractivity contribution is -0.142. The van der Waals surface area contributed by atoms with E-state index in [-0.39, 0.29) is 24.8 Å². The van der Waals surface area contributed by atoms with Crippen molar-refractivity contribution in [3.63, 3.8) is 0 Å². The Hall–Kier alpha value is -3.92. The minimum atomic E-state index is -1.22. The smallest absolute Gasteiger partial charge is 0.355 e. The van der Waals surface area contributed by atoms with Gasteiger partial charge in [-0.25, -0.2) is 9.78 Å². The third-order valence-corrected chi connectivity index (χ3v) is 6.71. The van der Waals surface area contributed by atoms with E-state index in [1.165, 1.54) is 21.1 Å². The number of carbonyl (C=O) groups excluding carboxylic acids is 2. The zero-order valence-electron chi connectivity index (χ0n) is 21.3. The van der Waals surface area contributed by atoms with Crippen molar-refractivity contribution < 1.29 is 33.7 Å². The molecule has 0 aliphatic carbocycles. The average Bonchev–Trinajstić information content (AvgIpc) is 3.30. The molecule has 37 heavy (non-hydrogen) atoms. The molecule has 1 amide bonds. The molecular weight excluding hydrogens is 496 g/mol. The normalized spacial score (nSPS) is 10.6. The second-order valence-corrected chi connectivity index (χ2v) is 9.45. The molecule has 0 aliphatic rings. The van der Waals surface area contributed by atoms with E-state index in [0.29, 0.717) is 39.9 Å². The van der Waals surface area contributed by atoms with Gasteiger partial charge in [0.1, 0.15) is 23.1 Å². The average molecular weight is 527 g/mol. The van der Waals surface area contributed by atoms with Crippen LogP contribution in [-0.2, 0) is 29.1 Å². The van der Waals surface area contributed by atoms with Crippen LogP contribution >= 0.6 is 11.3 Å². The summed E-state index contributed by atoms with van der Waals surface area (Å²) in [4.78, 5) is 42.8. The number of methoxy groups -OCH3 is 2. The molecule has 0 saturated heterocycles. The van der Waals surface area contributed by atoms with Crippen molar-refractivity contribution >= 4 is 29.2 Å². The lowest BCUT2D eigenvalue weighted by Gasteiger charge is -2.23. The van der Waals surface area contributed by atoms with Gasteiger partial charge in [-0.2, -0.15) is 0 Å². The van der Waals surface area contributed by atoms with Gasteiger partial charge in [-0.1, -0.05) is 30.3 Å². The van der Waals surface area contributed by atoms with Crippen LogP contribution in [0.3, 0.4) is 0 Å². The number of aryl methyl sites for hydroxylation is 1. The first kappa shape index (κ1) is 27.7. The molecule has 0 atom stereocenters. The molecule has 3 aromatic rings. The zero-order valence-corrected chi connectivity index (χ0v) is 22.1. The number of hydrogen-bond acceptors (Lipinski definition) is 8. The SMILES string of the molecule is COc1cc(C(=O)N(CCCc2ccccc2)Cc2nc(C(=O)O)c(COC(C)=O)s2)cc(OC)c1C. The highest BCUT2D eigenvalue weighted by molar-refractivity contribution is 7.11. The fourth-order valence-electron chi connectivity index (χ4n) is 3.83. The van der Waals surface area contributed by atoms with E-state index >= 15 is 0 Å². The van der Waals surface area contributed by atoms with Crippen LogP contribution in [0.15, 0.2) is 42.5 Å². The van der Waals surface area contributed by atoms with Gasteiger partial charge in [0.25, 0.3) is 5.91 Å². The minimum Gasteiger partial charge on any atom is -0.496 e. The standard InChI is InChI=1S/C27H30N2O7S/c1-17-21(34-3)13-20(14-22(17)35-4)26(31)29(12-8-11-19-9-6-5-7-10-19)15-24-28-25(27(32)33)23(37-24)16-36-18(2)30/h5-7,9-10,13-14H,8,11-12,15-16H2,1-4H3,(H,32,33). The number of aromatic nitrogens is 1. The quantitative estimate of drug-likeness (QED) is 0.343. The number of ether oxygens (including phenoxy) is 3. The summed E-state index contributed by atoms with van der Waals surface area (Å²) < 4.78 is 15.9. The Labute approximate surface area is 219 Å². The van der Waals surface area contributed by atoms with E-state index < -0.39 is 11.9 Å². The van der Waals surface area contributed by atoms with Gasteiger partial charge in [-0.05, 0) is 37.5 Å². The summed E-state index contributed by atoms with van der Waals surface area (Å²) in [7, 11) is 3.06. The van der Waals surface area contributed by atoms with Crippen LogP contribution in [0.1, 0.15) is 55.2 Å². The highest BCUT2D eigenvalue weighted by Crippen LogP contribution is 2.31. The highest BCUT2D eigenvalue weighted by Gasteiger charge is 2.24. The van der Waals surface area contributed by atoms with Gasteiger partial charge >= 0.3 is 11.9 Å². The molecule has 0 spiro atoms. The number of rotatable bonds is 12. The van der Waals surface area contributed by atoms with Gasteiger partial charge < -0.3 is 24.2 Å². The highest BCUT2D eigenvalue weighted by atomic mass is 32.1. The number of hydrogen-bond donors (Lipinski definition) is 1. The number of carboxylic acids is 1. The fraction of sp³-hybridized carbons (Fsp3) is 0.333. The summed E-state index contributed by atoms with van der Waals surface area (Å²) in [5.74, 6) is -0.958. The van der Waals surface area contributed by atoms with Crippen LogP contribution < -0.4 is 9.47 Å². The van der Waals surface area contributed by atoms with Gasteiger partial charge in [0.2, 0.25) is 0 Å². The van der Waals surface area contributed by atoms with Crippen molar-refractivity contribution in [1.82, 2.24) is 9.88 Å². The largest absolute Gasteiger partial charge is 0.496 e. The molecule has 0 radical (unpaired) electrons. The van der Waals surface area contributed by atoms with Crippen molar-refractivity contribution in [2.45, 2.75) is 39.8 Å². The van der Waals surface area contributed by atoms with E-state index in [2.05, 4.69) is 4.98 Å². The van der Waals surface area contributed by atoms with Gasteiger partial charge in [0.05, 0.1) is 25.6 Å². The van der Waals surface area contributed by atoms with Gasteiger partial charge in [-0.15, -0.1) is 11.3 Å². The number of carbonyl (C=O) groups is 3. The van der Waals surface area contributed by atoms with E-state index in [4.69, 9.17) is 14.2 Å². The van der Waals surface area contributed by atoms with E-state index in [0.717, 1.165) is 28.9 Å². The van der Waals surface area contributed by atoms with Crippen LogP contribution in [0.4, 0.5) is 0 Å². The van der Waals surface area contributed by atoms with Gasteiger partial charge in [0.15, 0.2) is 5.69 Å². The van der Waals surface area contributed by atoms with Crippen LogP contribution in [0.2, 0.25) is 0 Å². The van der Waals surface area contributed by atoms with Crippen molar-refractivity contribution in [3.8, 4) is 11.5 Å². The Morgan fingerprint density at radius 1 is 1.05 bits per heavy atom. The molecule has 0 aliphatic heterocycles. The summed E-state index contributed by atoms with van der Waals surface area (Å²) in [5, 5.41) is 10.00. The van der Waals surface area contributed by atoms with Crippen LogP contribution in [0, 0.1) is 6.92 Å². The number of aromatic carboxylic acids is 1. The Balaban J connectivity index is 1.90. The second-order valence-electron chi connectivity index (χ2n) is 8.29. The van der Waals surface area contributed by atoms with Crippen LogP contribution in [-0.4, -0.2) is 53.6 Å². The first-order chi connectivity index (χ1) is 17.7. The second kappa shape index (κ2) is 12.9. The maximum absolute atomic E-state index is 13.7. The Morgan fingerprint density at radius 3 is 2.27 bits per heavy atom.